The van der Waals surface area contributed by atoms with Crippen molar-refractivity contribution in [3.8, 4) is 0 Å². The van der Waals surface area contributed by atoms with E-state index in [0.29, 0.717) is 15.2 Å². The van der Waals surface area contributed by atoms with Crippen LogP contribution in [-0.4, -0.2) is 15.2 Å². The molecule has 1 aromatic carbocycles. The van der Waals surface area contributed by atoms with E-state index in [2.05, 4.69) is 44.2 Å². The molecule has 0 atom stereocenters. The number of benzene rings is 1. The summed E-state index contributed by atoms with van der Waals surface area (Å²) in [5.41, 5.74) is 1.51. The number of hydrogen-bond acceptors (Lipinski definition) is 0. The fraction of sp³-hybridized carbons (Fsp3) is 0.455. The molecular weight excluding hydrogens is 178 g/mol. The van der Waals surface area contributed by atoms with E-state index in [4.69, 9.17) is 0 Å². The van der Waals surface area contributed by atoms with E-state index in [0.717, 1.165) is 5.92 Å². The van der Waals surface area contributed by atoms with Gasteiger partial charge in [0.15, 0.2) is 0 Å². The first-order chi connectivity index (χ1) is 5.79. The molecule has 0 radical (unpaired) electrons. The first kappa shape index (κ1) is 12.7. The second kappa shape index (κ2) is 7.12. The van der Waals surface area contributed by atoms with Gasteiger partial charge in [0.25, 0.3) is 0 Å². The minimum Gasteiger partial charge on any atom is -1.00 e. The second-order valence-electron chi connectivity index (χ2n) is 3.61. The predicted octanol–water partition coefficient (Wildman–Crippen LogP) is -0.0309. The monoisotopic (exact) mass is 194 g/mol. The third-order valence-corrected chi connectivity index (χ3v) is 3.90. The fourth-order valence-corrected chi connectivity index (χ4v) is 2.64. The summed E-state index contributed by atoms with van der Waals surface area (Å²) in [5, 5.41) is 2.74. The van der Waals surface area contributed by atoms with E-state index in [1.165, 1.54) is 16.1 Å². The molecule has 1 aromatic rings. The molecule has 0 saturated heterocycles. The van der Waals surface area contributed by atoms with Crippen LogP contribution in [0.15, 0.2) is 30.3 Å². The maximum absolute atomic E-state index is 2.30. The molecule has 13 heavy (non-hydrogen) atoms. The molecule has 1 rings (SSSR count). The van der Waals surface area contributed by atoms with Crippen LogP contribution in [0.2, 0.25) is 5.28 Å². The van der Waals surface area contributed by atoms with Gasteiger partial charge in [0.1, 0.15) is 0 Å². The van der Waals surface area contributed by atoms with Crippen LogP contribution in [0.1, 0.15) is 19.4 Å². The Bertz CT molecular complexity index is 209. The quantitative estimate of drug-likeness (QED) is 0.590. The molecule has 0 aliphatic carbocycles. The Hall–Kier alpha value is -0.318. The Morgan fingerprint density at radius 1 is 1.15 bits per heavy atom. The van der Waals surface area contributed by atoms with E-state index < -0.39 is 0 Å². The fourth-order valence-electron chi connectivity index (χ4n) is 1.20. The van der Waals surface area contributed by atoms with Gasteiger partial charge < -0.3 is 4.70 Å². The predicted molar refractivity (Wildman–Crippen MR) is 55.5 cm³/mol. The second-order valence-corrected chi connectivity index (χ2v) is 5.06. The molecule has 0 aliphatic rings. The molecule has 0 amide bonds. The van der Waals surface area contributed by atoms with Crippen molar-refractivity contribution in [2.24, 2.45) is 5.92 Å². The van der Waals surface area contributed by atoms with Crippen LogP contribution in [0.25, 0.3) is 0 Å². The Balaban J connectivity index is 0.00000144. The van der Waals surface area contributed by atoms with Crippen LogP contribution in [0.4, 0.5) is 0 Å². The smallest absolute Gasteiger partial charge is 1.00 e. The summed E-state index contributed by atoms with van der Waals surface area (Å²) < 4.78 is 0. The van der Waals surface area contributed by atoms with Gasteiger partial charge in [-0.25, -0.2) is 0 Å². The van der Waals surface area contributed by atoms with Crippen molar-refractivity contribution in [1.82, 2.24) is 0 Å². The van der Waals surface area contributed by atoms with E-state index in [-0.39, 0.29) is 4.70 Å². The summed E-state index contributed by atoms with van der Waals surface area (Å²) >= 11 is 0.628. The zero-order chi connectivity index (χ0) is 8.81. The summed E-state index contributed by atoms with van der Waals surface area (Å²) in [6.07, 6.45) is 0. The summed E-state index contributed by atoms with van der Waals surface area (Å²) in [6, 6.07) is 10.8. The van der Waals surface area contributed by atoms with Crippen molar-refractivity contribution >= 4 is 15.2 Å². The van der Waals surface area contributed by atoms with Gasteiger partial charge >= 0.3 is 81.4 Å². The van der Waals surface area contributed by atoms with Crippen LogP contribution in [-0.2, 0) is 5.28 Å². The zero-order valence-corrected chi connectivity index (χ0v) is 9.49. The third-order valence-electron chi connectivity index (χ3n) is 1.86. The Kier molecular flexibility index (Phi) is 6.95. The van der Waals surface area contributed by atoms with Gasteiger partial charge in [0, 0.05) is 0 Å². The van der Waals surface area contributed by atoms with E-state index in [1.54, 1.807) is 0 Å². The molecule has 0 unspecified atom stereocenters. The van der Waals surface area contributed by atoms with Crippen LogP contribution in [0.3, 0.4) is 0 Å². The van der Waals surface area contributed by atoms with Crippen LogP contribution in [0.5, 0.6) is 0 Å². The molecule has 70 valence electrons. The Labute approximate surface area is 86.4 Å². The minimum absolute atomic E-state index is 0. The number of hydrogen-bond donors (Lipinski definition) is 0. The summed E-state index contributed by atoms with van der Waals surface area (Å²) in [7, 11) is 0. The van der Waals surface area contributed by atoms with Crippen molar-refractivity contribution in [2.75, 3.05) is 0 Å². The van der Waals surface area contributed by atoms with Crippen molar-refractivity contribution in [1.29, 1.82) is 0 Å². The zero-order valence-electron chi connectivity index (χ0n) is 8.33. The van der Waals surface area contributed by atoms with Gasteiger partial charge in [-0.1, -0.05) is 0 Å². The van der Waals surface area contributed by atoms with Gasteiger partial charge in [-0.15, -0.1) is 0 Å². The maximum atomic E-state index is 2.30. The SMILES string of the molecule is CC(C)[CH2][Al+][CH2]c1ccccc1.[F-]. The maximum Gasteiger partial charge on any atom is -1.00 e. The van der Waals surface area contributed by atoms with Gasteiger partial charge in [-0.05, 0) is 0 Å². The summed E-state index contributed by atoms with van der Waals surface area (Å²) in [4.78, 5) is 0. The van der Waals surface area contributed by atoms with Crippen molar-refractivity contribution in [3.05, 3.63) is 35.9 Å². The van der Waals surface area contributed by atoms with Gasteiger partial charge in [-0.2, -0.15) is 0 Å². The molecule has 0 fully saturated rings. The molecule has 0 bridgehead atoms. The van der Waals surface area contributed by atoms with E-state index in [9.17, 15) is 0 Å². The number of rotatable bonds is 4. The summed E-state index contributed by atoms with van der Waals surface area (Å²) in [6.45, 7) is 4.61. The molecule has 0 aromatic heterocycles. The topological polar surface area (TPSA) is 0 Å². The van der Waals surface area contributed by atoms with Crippen LogP contribution < -0.4 is 4.70 Å². The number of halogens is 1. The molecule has 0 spiro atoms. The van der Waals surface area contributed by atoms with Crippen molar-refractivity contribution in [2.45, 2.75) is 24.4 Å². The molecular formula is C11H16AlF. The van der Waals surface area contributed by atoms with Crippen molar-refractivity contribution < 1.29 is 4.70 Å². The average Bonchev–Trinajstić information content (AvgIpc) is 2.05. The largest absolute Gasteiger partial charge is 1.00 e. The molecule has 0 aliphatic heterocycles. The standard InChI is InChI=1S/C7H7.C4H9.Al.FH/c1-7-5-3-2-4-6-7;1-4(2)3;;/h2-6H,1H2;4H,1H2,2-3H3;;1H/q;;+1;/p-1. The third kappa shape index (κ3) is 5.85. The minimum atomic E-state index is 0. The molecule has 2 heteroatoms. The molecule has 0 heterocycles. The van der Waals surface area contributed by atoms with E-state index >= 15 is 0 Å². The average molecular weight is 194 g/mol. The first-order valence-electron chi connectivity index (χ1n) is 4.64. The summed E-state index contributed by atoms with van der Waals surface area (Å²) in [5.74, 6) is 0.878. The van der Waals surface area contributed by atoms with Crippen LogP contribution >= 0.6 is 0 Å². The van der Waals surface area contributed by atoms with Crippen LogP contribution in [0, 0.1) is 5.92 Å². The molecule has 0 nitrogen and oxygen atoms in total. The van der Waals surface area contributed by atoms with Gasteiger partial charge in [0.05, 0.1) is 0 Å². The molecule has 0 N–H and O–H groups in total. The van der Waals surface area contributed by atoms with E-state index in [1.807, 2.05) is 0 Å². The molecule has 0 saturated carbocycles. The first-order valence-corrected chi connectivity index (χ1v) is 6.28. The Morgan fingerprint density at radius 2 is 1.77 bits per heavy atom. The van der Waals surface area contributed by atoms with Gasteiger partial charge in [0.2, 0.25) is 0 Å². The normalized spacial score (nSPS) is 9.15. The Morgan fingerprint density at radius 3 is 2.31 bits per heavy atom. The van der Waals surface area contributed by atoms with Crippen molar-refractivity contribution in [3.63, 3.8) is 0 Å². The van der Waals surface area contributed by atoms with Gasteiger partial charge in [-0.3, -0.25) is 0 Å².